The van der Waals surface area contributed by atoms with E-state index in [0.717, 1.165) is 12.7 Å². The summed E-state index contributed by atoms with van der Waals surface area (Å²) in [6.45, 7) is 1.62. The van der Waals surface area contributed by atoms with Crippen LogP contribution in [0.25, 0.3) is 0 Å². The molecule has 0 aromatic heterocycles. The maximum Gasteiger partial charge on any atom is 0.162 e. The molecule has 1 aromatic carbocycles. The highest BCUT2D eigenvalue weighted by molar-refractivity contribution is 14.1. The van der Waals surface area contributed by atoms with Gasteiger partial charge >= 0.3 is 0 Å². The molecule has 6 heteroatoms. The summed E-state index contributed by atoms with van der Waals surface area (Å²) in [5, 5.41) is 0. The summed E-state index contributed by atoms with van der Waals surface area (Å²) in [6, 6.07) is 0. The summed E-state index contributed by atoms with van der Waals surface area (Å²) >= 11 is 11.4. The van der Waals surface area contributed by atoms with Gasteiger partial charge in [-0.25, -0.2) is 0 Å². The zero-order valence-electron chi connectivity index (χ0n) is 6.80. The van der Waals surface area contributed by atoms with Crippen LogP contribution < -0.4 is 0 Å². The largest absolute Gasteiger partial charge is 0.294 e. The van der Waals surface area contributed by atoms with E-state index in [4.69, 9.17) is 0 Å². The van der Waals surface area contributed by atoms with Crippen molar-refractivity contribution in [2.24, 2.45) is 0 Å². The summed E-state index contributed by atoms with van der Waals surface area (Å²) in [7, 11) is 0. The molecule has 0 saturated heterocycles. The number of carbonyl (C=O) groups excluding carboxylic acids is 1. The van der Waals surface area contributed by atoms with Crippen molar-refractivity contribution in [1.82, 2.24) is 0 Å². The molecule has 1 aromatic rings. The highest BCUT2D eigenvalue weighted by Crippen LogP contribution is 2.33. The zero-order valence-corrected chi connectivity index (χ0v) is 17.6. The molecule has 0 N–H and O–H groups in total. The van der Waals surface area contributed by atoms with E-state index in [1.165, 1.54) is 10.7 Å². The van der Waals surface area contributed by atoms with Gasteiger partial charge in [0, 0.05) is 23.4 Å². The molecule has 0 bridgehead atoms. The summed E-state index contributed by atoms with van der Waals surface area (Å²) in [5.41, 5.74) is 0.861. The minimum absolute atomic E-state index is 0.144. The molecule has 0 aliphatic rings. The quantitative estimate of drug-likeness (QED) is 0.173. The normalized spacial score (nSPS) is 10.4. The Labute approximate surface area is 151 Å². The second-order valence-corrected chi connectivity index (χ2v) is 7.89. The molecule has 1 rings (SSSR count). The van der Waals surface area contributed by atoms with Gasteiger partial charge in [0.2, 0.25) is 0 Å². The minimum atomic E-state index is 0.144. The predicted molar refractivity (Wildman–Crippen MR) is 100 cm³/mol. The van der Waals surface area contributed by atoms with E-state index in [9.17, 15) is 4.79 Å². The van der Waals surface area contributed by atoms with E-state index in [0.29, 0.717) is 0 Å². The number of hydrogen-bond acceptors (Lipinski definition) is 1. The monoisotopic (exact) mass is 750 g/mol. The van der Waals surface area contributed by atoms with Crippen LogP contribution in [0.4, 0.5) is 0 Å². The molecule has 0 amide bonds. The molecule has 0 heterocycles. The third-order valence-corrected chi connectivity index (χ3v) is 11.1. The van der Waals surface area contributed by atoms with E-state index in [2.05, 4.69) is 113 Å². The number of hydrogen-bond donors (Lipinski definition) is 0. The average Bonchev–Trinajstić information content (AvgIpc) is 2.11. The van der Waals surface area contributed by atoms with Crippen molar-refractivity contribution < 1.29 is 4.79 Å². The SMILES string of the molecule is CC(=O)c1c(I)c(I)c(I)c(I)c1I. The molecule has 1 nitrogen and oxygen atoms in total. The first-order valence-electron chi connectivity index (χ1n) is 3.40. The highest BCUT2D eigenvalue weighted by atomic mass is 127. The van der Waals surface area contributed by atoms with Gasteiger partial charge in [-0.3, -0.25) is 4.79 Å². The van der Waals surface area contributed by atoms with Crippen LogP contribution in [-0.2, 0) is 0 Å². The molecule has 0 aliphatic carbocycles. The summed E-state index contributed by atoms with van der Waals surface area (Å²) in [5.74, 6) is 0.144. The van der Waals surface area contributed by atoms with Gasteiger partial charge in [0.05, 0.1) is 0 Å². The Kier molecular flexibility index (Phi) is 6.18. The molecule has 0 aliphatic heterocycles. The number of halogens is 5. The molecule has 0 atom stereocenters. The van der Waals surface area contributed by atoms with Crippen molar-refractivity contribution in [3.8, 4) is 0 Å². The van der Waals surface area contributed by atoms with Gasteiger partial charge in [0.1, 0.15) is 0 Å². The van der Waals surface area contributed by atoms with Crippen LogP contribution in [-0.4, -0.2) is 5.78 Å². The molecular weight excluding hydrogens is 747 g/mol. The van der Waals surface area contributed by atoms with Gasteiger partial charge in [0.15, 0.2) is 5.78 Å². The maximum absolute atomic E-state index is 11.5. The summed E-state index contributed by atoms with van der Waals surface area (Å²) in [4.78, 5) is 11.5. The second-order valence-electron chi connectivity index (χ2n) is 2.50. The Morgan fingerprint density at radius 3 is 1.36 bits per heavy atom. The number of ketones is 1. The van der Waals surface area contributed by atoms with Crippen LogP contribution >= 0.6 is 113 Å². The molecule has 0 radical (unpaired) electrons. The second kappa shape index (κ2) is 5.93. The van der Waals surface area contributed by atoms with Crippen molar-refractivity contribution in [2.75, 3.05) is 0 Å². The maximum atomic E-state index is 11.5. The molecule has 76 valence electrons. The topological polar surface area (TPSA) is 17.1 Å². The smallest absolute Gasteiger partial charge is 0.162 e. The van der Waals surface area contributed by atoms with Crippen LogP contribution in [0.1, 0.15) is 17.3 Å². The van der Waals surface area contributed by atoms with Gasteiger partial charge in [-0.1, -0.05) is 0 Å². The van der Waals surface area contributed by atoms with E-state index in [1.54, 1.807) is 6.92 Å². The fourth-order valence-electron chi connectivity index (χ4n) is 0.914. The van der Waals surface area contributed by atoms with Crippen molar-refractivity contribution in [2.45, 2.75) is 6.92 Å². The van der Waals surface area contributed by atoms with Crippen LogP contribution in [0.5, 0.6) is 0 Å². The summed E-state index contributed by atoms with van der Waals surface area (Å²) in [6.07, 6.45) is 0. The Bertz CT molecular complexity index is 384. The van der Waals surface area contributed by atoms with Crippen LogP contribution in [0.2, 0.25) is 0 Å². The Morgan fingerprint density at radius 2 is 1.07 bits per heavy atom. The number of carbonyl (C=O) groups is 1. The van der Waals surface area contributed by atoms with Crippen molar-refractivity contribution >= 4 is 119 Å². The van der Waals surface area contributed by atoms with Crippen molar-refractivity contribution in [1.29, 1.82) is 0 Å². The molecule has 0 unspecified atom stereocenters. The molecular formula is C8H3I5O. The lowest BCUT2D eigenvalue weighted by Gasteiger charge is -2.11. The zero-order chi connectivity index (χ0) is 11.0. The van der Waals surface area contributed by atoms with Crippen molar-refractivity contribution in [3.05, 3.63) is 23.4 Å². The Morgan fingerprint density at radius 1 is 0.786 bits per heavy atom. The van der Waals surface area contributed by atoms with Crippen molar-refractivity contribution in [3.63, 3.8) is 0 Å². The number of Topliss-reactive ketones (excluding diaryl/α,β-unsaturated/α-hetero) is 1. The number of rotatable bonds is 1. The van der Waals surface area contributed by atoms with E-state index >= 15 is 0 Å². The Balaban J connectivity index is 3.68. The third-order valence-electron chi connectivity index (χ3n) is 1.56. The molecule has 14 heavy (non-hydrogen) atoms. The van der Waals surface area contributed by atoms with Gasteiger partial charge in [-0.05, 0) is 120 Å². The lowest BCUT2D eigenvalue weighted by Crippen LogP contribution is -2.06. The van der Waals surface area contributed by atoms with E-state index < -0.39 is 0 Å². The van der Waals surface area contributed by atoms with Gasteiger partial charge in [-0.15, -0.1) is 0 Å². The van der Waals surface area contributed by atoms with Gasteiger partial charge in [-0.2, -0.15) is 0 Å². The predicted octanol–water partition coefficient (Wildman–Crippen LogP) is 4.91. The third kappa shape index (κ3) is 2.86. The highest BCUT2D eigenvalue weighted by Gasteiger charge is 2.19. The minimum Gasteiger partial charge on any atom is -0.294 e. The average molecular weight is 750 g/mol. The van der Waals surface area contributed by atoms with E-state index in [1.807, 2.05) is 0 Å². The van der Waals surface area contributed by atoms with Crippen LogP contribution in [0, 0.1) is 17.9 Å². The Hall–Kier alpha value is 2.54. The lowest BCUT2D eigenvalue weighted by molar-refractivity contribution is 0.101. The number of benzene rings is 1. The van der Waals surface area contributed by atoms with Crippen LogP contribution in [0.3, 0.4) is 0 Å². The first kappa shape index (κ1) is 14.6. The van der Waals surface area contributed by atoms with Gasteiger partial charge in [0.25, 0.3) is 0 Å². The fraction of sp³-hybridized carbons (Fsp3) is 0.125. The first-order valence-corrected chi connectivity index (χ1v) is 8.79. The standard InChI is InChI=1S/C8H3I5O/c1-2(14)3-4(9)6(11)8(13)7(12)5(3)10/h1H3. The summed E-state index contributed by atoms with van der Waals surface area (Å²) < 4.78 is 5.75. The molecule has 0 spiro atoms. The van der Waals surface area contributed by atoms with E-state index in [-0.39, 0.29) is 5.78 Å². The molecule has 0 fully saturated rings. The first-order chi connectivity index (χ1) is 6.37. The molecule has 0 saturated carbocycles. The van der Waals surface area contributed by atoms with Gasteiger partial charge < -0.3 is 0 Å². The van der Waals surface area contributed by atoms with Crippen LogP contribution in [0.15, 0.2) is 0 Å². The lowest BCUT2D eigenvalue weighted by atomic mass is 10.2. The fourth-order valence-corrected chi connectivity index (χ4v) is 6.43.